The van der Waals surface area contributed by atoms with Crippen molar-refractivity contribution >= 4 is 35.5 Å². The predicted molar refractivity (Wildman–Crippen MR) is 108 cm³/mol. The molecule has 10 heteroatoms. The second kappa shape index (κ2) is 11.9. The molecule has 0 aliphatic carbocycles. The molecule has 160 valence electrons. The number of nitrogens with zero attached hydrogens (tertiary/aromatic N) is 1. The van der Waals surface area contributed by atoms with Gasteiger partial charge in [0.05, 0.1) is 12.6 Å². The zero-order valence-electron chi connectivity index (χ0n) is 16.8. The van der Waals surface area contributed by atoms with Crippen molar-refractivity contribution < 1.29 is 24.3 Å². The molecule has 1 fully saturated rings. The number of carboxylic acids is 1. The van der Waals surface area contributed by atoms with E-state index in [2.05, 4.69) is 10.6 Å². The van der Waals surface area contributed by atoms with Gasteiger partial charge in [-0.1, -0.05) is 20.3 Å². The Kier molecular flexibility index (Phi) is 10.3. The van der Waals surface area contributed by atoms with E-state index >= 15 is 0 Å². The molecular weight excluding hydrogens is 384 g/mol. The van der Waals surface area contributed by atoms with Crippen LogP contribution in [0.4, 0.5) is 0 Å². The highest BCUT2D eigenvalue weighted by Crippen LogP contribution is 2.17. The highest BCUT2D eigenvalue weighted by atomic mass is 32.2. The van der Waals surface area contributed by atoms with Crippen molar-refractivity contribution in [3.63, 3.8) is 0 Å². The minimum Gasteiger partial charge on any atom is -0.480 e. The third kappa shape index (κ3) is 6.97. The molecule has 1 aliphatic heterocycles. The van der Waals surface area contributed by atoms with E-state index in [0.717, 1.165) is 6.42 Å². The first-order valence-electron chi connectivity index (χ1n) is 9.57. The molecule has 3 amide bonds. The van der Waals surface area contributed by atoms with Gasteiger partial charge in [-0.25, -0.2) is 4.79 Å². The average molecular weight is 417 g/mol. The van der Waals surface area contributed by atoms with Crippen molar-refractivity contribution in [3.8, 4) is 0 Å². The fourth-order valence-electron chi connectivity index (χ4n) is 2.99. The normalized spacial score (nSPS) is 19.6. The number of carboxylic acid groups (broad SMARTS) is 1. The van der Waals surface area contributed by atoms with Crippen molar-refractivity contribution in [1.82, 2.24) is 15.5 Å². The second-order valence-electron chi connectivity index (χ2n) is 7.06. The number of nitrogens with two attached hydrogens (primary N) is 1. The largest absolute Gasteiger partial charge is 0.480 e. The summed E-state index contributed by atoms with van der Waals surface area (Å²) in [7, 11) is 0. The summed E-state index contributed by atoms with van der Waals surface area (Å²) in [5.74, 6) is -1.72. The Morgan fingerprint density at radius 2 is 1.96 bits per heavy atom. The highest BCUT2D eigenvalue weighted by Gasteiger charge is 2.34. The summed E-state index contributed by atoms with van der Waals surface area (Å²) in [4.78, 5) is 49.6. The smallest absolute Gasteiger partial charge is 0.326 e. The average Bonchev–Trinajstić information content (AvgIpc) is 3.17. The van der Waals surface area contributed by atoms with Gasteiger partial charge in [-0.3, -0.25) is 14.4 Å². The molecule has 28 heavy (non-hydrogen) atoms. The van der Waals surface area contributed by atoms with Crippen LogP contribution in [0.1, 0.15) is 39.5 Å². The van der Waals surface area contributed by atoms with Crippen LogP contribution in [0.3, 0.4) is 0 Å². The molecular formula is C18H32N4O5S. The number of amides is 3. The van der Waals surface area contributed by atoms with Crippen molar-refractivity contribution in [2.75, 3.05) is 25.1 Å². The summed E-state index contributed by atoms with van der Waals surface area (Å²) < 4.78 is 0. The maximum absolute atomic E-state index is 12.5. The van der Waals surface area contributed by atoms with Crippen molar-refractivity contribution in [3.05, 3.63) is 0 Å². The molecule has 4 atom stereocenters. The number of hydrogen-bond acceptors (Lipinski definition) is 6. The summed E-state index contributed by atoms with van der Waals surface area (Å²) in [5, 5.41) is 14.4. The number of carbonyl (C=O) groups is 4. The zero-order chi connectivity index (χ0) is 21.3. The van der Waals surface area contributed by atoms with Crippen LogP contribution in [-0.4, -0.2) is 76.9 Å². The number of nitrogens with one attached hydrogen (secondary N) is 2. The Labute approximate surface area is 170 Å². The van der Waals surface area contributed by atoms with Gasteiger partial charge >= 0.3 is 5.97 Å². The number of rotatable bonds is 11. The molecule has 4 unspecified atom stereocenters. The Morgan fingerprint density at radius 1 is 1.29 bits per heavy atom. The summed E-state index contributed by atoms with van der Waals surface area (Å²) in [6, 6.07) is -2.35. The fourth-order valence-corrected chi connectivity index (χ4v) is 3.47. The van der Waals surface area contributed by atoms with Gasteiger partial charge in [0.25, 0.3) is 0 Å². The lowest BCUT2D eigenvalue weighted by Crippen LogP contribution is -2.54. The van der Waals surface area contributed by atoms with Gasteiger partial charge in [-0.05, 0) is 37.2 Å². The fraction of sp³-hybridized carbons (Fsp3) is 0.778. The van der Waals surface area contributed by atoms with E-state index in [1.807, 2.05) is 20.1 Å². The van der Waals surface area contributed by atoms with Crippen LogP contribution in [0.25, 0.3) is 0 Å². The van der Waals surface area contributed by atoms with E-state index in [4.69, 9.17) is 10.8 Å². The third-order valence-electron chi connectivity index (χ3n) is 5.08. The van der Waals surface area contributed by atoms with Crippen LogP contribution >= 0.6 is 11.8 Å². The van der Waals surface area contributed by atoms with Gasteiger partial charge < -0.3 is 26.4 Å². The van der Waals surface area contributed by atoms with E-state index in [0.29, 0.717) is 31.6 Å². The van der Waals surface area contributed by atoms with E-state index in [1.54, 1.807) is 0 Å². The number of carbonyl (C=O) groups excluding carboxylic acids is 3. The topological polar surface area (TPSA) is 142 Å². The number of thioether (sulfide) groups is 1. The van der Waals surface area contributed by atoms with E-state index < -0.39 is 41.8 Å². The summed E-state index contributed by atoms with van der Waals surface area (Å²) >= 11 is 1.54. The van der Waals surface area contributed by atoms with Gasteiger partial charge in [0.1, 0.15) is 12.1 Å². The molecule has 0 aromatic rings. The molecule has 0 saturated carbocycles. The maximum Gasteiger partial charge on any atom is 0.326 e. The van der Waals surface area contributed by atoms with Crippen LogP contribution in [0.2, 0.25) is 0 Å². The summed E-state index contributed by atoms with van der Waals surface area (Å²) in [5.41, 5.74) is 5.93. The molecule has 1 aliphatic rings. The summed E-state index contributed by atoms with van der Waals surface area (Å²) in [6.07, 6.45) is 4.07. The summed E-state index contributed by atoms with van der Waals surface area (Å²) in [6.45, 7) is 3.87. The van der Waals surface area contributed by atoms with Gasteiger partial charge in [-0.15, -0.1) is 0 Å². The van der Waals surface area contributed by atoms with Crippen molar-refractivity contribution in [2.45, 2.75) is 57.7 Å². The van der Waals surface area contributed by atoms with E-state index in [-0.39, 0.29) is 12.5 Å². The molecule has 0 spiro atoms. The number of hydrogen-bond donors (Lipinski definition) is 4. The molecule has 0 aromatic carbocycles. The van der Waals surface area contributed by atoms with Crippen LogP contribution in [0.5, 0.6) is 0 Å². The zero-order valence-corrected chi connectivity index (χ0v) is 17.6. The van der Waals surface area contributed by atoms with Gasteiger partial charge in [0, 0.05) is 6.54 Å². The minimum atomic E-state index is -1.04. The SMILES string of the molecule is CCC(C)C(N)C(=O)NC(CCSC)C(=O)NCC(=O)N1CCCC1C(=O)O. The van der Waals surface area contributed by atoms with E-state index in [9.17, 15) is 19.2 Å². The first-order valence-corrected chi connectivity index (χ1v) is 11.0. The van der Waals surface area contributed by atoms with Crippen molar-refractivity contribution in [2.24, 2.45) is 11.7 Å². The molecule has 1 heterocycles. The van der Waals surface area contributed by atoms with Gasteiger partial charge in [0.15, 0.2) is 0 Å². The quantitative estimate of drug-likeness (QED) is 0.365. The lowest BCUT2D eigenvalue weighted by Gasteiger charge is -2.24. The monoisotopic (exact) mass is 416 g/mol. The number of aliphatic carboxylic acids is 1. The third-order valence-corrected chi connectivity index (χ3v) is 5.72. The molecule has 1 saturated heterocycles. The predicted octanol–water partition coefficient (Wildman–Crippen LogP) is -0.210. The molecule has 1 rings (SSSR count). The van der Waals surface area contributed by atoms with Crippen LogP contribution in [-0.2, 0) is 19.2 Å². The van der Waals surface area contributed by atoms with Crippen LogP contribution in [0, 0.1) is 5.92 Å². The second-order valence-corrected chi connectivity index (χ2v) is 8.04. The first kappa shape index (κ1) is 24.2. The van der Waals surface area contributed by atoms with Crippen LogP contribution < -0.4 is 16.4 Å². The van der Waals surface area contributed by atoms with Crippen molar-refractivity contribution in [1.29, 1.82) is 0 Å². The molecule has 0 bridgehead atoms. The standard InChI is InChI=1S/C18H32N4O5S/c1-4-11(2)15(19)17(25)21-12(7-9-28-3)16(24)20-10-14(23)22-8-5-6-13(22)18(26)27/h11-13,15H,4-10,19H2,1-3H3,(H,20,24)(H,21,25)(H,26,27). The lowest BCUT2D eigenvalue weighted by atomic mass is 9.99. The molecule has 5 N–H and O–H groups in total. The first-order chi connectivity index (χ1) is 13.2. The Bertz CT molecular complexity index is 574. The van der Waals surface area contributed by atoms with Gasteiger partial charge in [0.2, 0.25) is 17.7 Å². The Hall–Kier alpha value is -1.81. The van der Waals surface area contributed by atoms with E-state index in [1.165, 1.54) is 16.7 Å². The van der Waals surface area contributed by atoms with Crippen LogP contribution in [0.15, 0.2) is 0 Å². The number of likely N-dealkylation sites (tertiary alicyclic amines) is 1. The van der Waals surface area contributed by atoms with Gasteiger partial charge in [-0.2, -0.15) is 11.8 Å². The lowest BCUT2D eigenvalue weighted by molar-refractivity contribution is -0.148. The molecule has 0 radical (unpaired) electrons. The maximum atomic E-state index is 12.5. The minimum absolute atomic E-state index is 0.0195. The molecule has 9 nitrogen and oxygen atoms in total. The Balaban J connectivity index is 2.65. The Morgan fingerprint density at radius 3 is 2.54 bits per heavy atom. The molecule has 0 aromatic heterocycles. The highest BCUT2D eigenvalue weighted by molar-refractivity contribution is 7.98.